The normalized spacial score (nSPS) is 19.4. The van der Waals surface area contributed by atoms with Crippen molar-refractivity contribution in [2.45, 2.75) is 12.5 Å². The number of nitrogens with one attached hydrogen (secondary N) is 1. The van der Waals surface area contributed by atoms with E-state index in [0.717, 1.165) is 54.6 Å². The van der Waals surface area contributed by atoms with Crippen LogP contribution in [0.2, 0.25) is 0 Å². The van der Waals surface area contributed by atoms with Crippen LogP contribution in [-0.2, 0) is 4.74 Å². The van der Waals surface area contributed by atoms with Crippen LogP contribution < -0.4 is 5.32 Å². The van der Waals surface area contributed by atoms with Crippen molar-refractivity contribution in [3.05, 3.63) is 78.4 Å². The molecule has 3 amide bonds. The van der Waals surface area contributed by atoms with Gasteiger partial charge in [0.25, 0.3) is 5.91 Å². The van der Waals surface area contributed by atoms with Crippen LogP contribution in [0.4, 0.5) is 10.5 Å². The van der Waals surface area contributed by atoms with E-state index in [2.05, 4.69) is 10.2 Å². The van der Waals surface area contributed by atoms with Crippen molar-refractivity contribution < 1.29 is 14.3 Å². The summed E-state index contributed by atoms with van der Waals surface area (Å²) < 4.78 is 6.00. The van der Waals surface area contributed by atoms with Crippen LogP contribution in [0.1, 0.15) is 16.8 Å². The summed E-state index contributed by atoms with van der Waals surface area (Å²) in [5, 5.41) is 5.06. The summed E-state index contributed by atoms with van der Waals surface area (Å²) in [6.07, 6.45) is 0.882. The second-order valence-electron chi connectivity index (χ2n) is 9.21. The minimum absolute atomic E-state index is 0.0365. The van der Waals surface area contributed by atoms with Gasteiger partial charge in [0.15, 0.2) is 0 Å². The molecular weight excluding hydrogens is 440 g/mol. The first-order chi connectivity index (χ1) is 17.2. The predicted octanol–water partition coefficient (Wildman–Crippen LogP) is 3.92. The highest BCUT2D eigenvalue weighted by Gasteiger charge is 2.28. The fourth-order valence-electron chi connectivity index (χ4n) is 4.97. The largest absolute Gasteiger partial charge is 0.373 e. The number of amides is 3. The zero-order chi connectivity index (χ0) is 24.0. The second-order valence-corrected chi connectivity index (χ2v) is 9.21. The van der Waals surface area contributed by atoms with Crippen molar-refractivity contribution in [2.75, 3.05) is 57.7 Å². The molecule has 3 aromatic carbocycles. The van der Waals surface area contributed by atoms with Crippen molar-refractivity contribution >= 4 is 28.4 Å². The van der Waals surface area contributed by atoms with E-state index >= 15 is 0 Å². The first-order valence-electron chi connectivity index (χ1n) is 12.4. The Kier molecular flexibility index (Phi) is 7.25. The van der Waals surface area contributed by atoms with Crippen molar-refractivity contribution in [3.63, 3.8) is 0 Å². The highest BCUT2D eigenvalue weighted by Crippen LogP contribution is 2.21. The van der Waals surface area contributed by atoms with Crippen LogP contribution in [0.5, 0.6) is 0 Å². The lowest BCUT2D eigenvalue weighted by Crippen LogP contribution is -2.51. The molecule has 0 saturated carbocycles. The monoisotopic (exact) mass is 472 g/mol. The predicted molar refractivity (Wildman–Crippen MR) is 138 cm³/mol. The molecule has 3 aromatic rings. The number of morpholine rings is 1. The van der Waals surface area contributed by atoms with Gasteiger partial charge in [0.2, 0.25) is 0 Å². The fourth-order valence-corrected chi connectivity index (χ4v) is 4.97. The molecule has 5 rings (SSSR count). The highest BCUT2D eigenvalue weighted by atomic mass is 16.5. The van der Waals surface area contributed by atoms with E-state index in [-0.39, 0.29) is 18.0 Å². The molecule has 2 saturated heterocycles. The van der Waals surface area contributed by atoms with Gasteiger partial charge in [0.05, 0.1) is 12.7 Å². The number of urea groups is 1. The van der Waals surface area contributed by atoms with Crippen molar-refractivity contribution in [3.8, 4) is 0 Å². The minimum atomic E-state index is -0.0905. The third-order valence-electron chi connectivity index (χ3n) is 6.81. The molecular formula is C28H32N4O3. The van der Waals surface area contributed by atoms with E-state index in [1.807, 2.05) is 82.6 Å². The van der Waals surface area contributed by atoms with Gasteiger partial charge in [0.1, 0.15) is 0 Å². The van der Waals surface area contributed by atoms with Crippen LogP contribution >= 0.6 is 0 Å². The summed E-state index contributed by atoms with van der Waals surface area (Å²) in [4.78, 5) is 32.2. The van der Waals surface area contributed by atoms with Gasteiger partial charge in [-0.3, -0.25) is 9.69 Å². The maximum atomic E-state index is 13.4. The number of carbonyl (C=O) groups is 2. The third-order valence-corrected chi connectivity index (χ3v) is 6.81. The van der Waals surface area contributed by atoms with Crippen LogP contribution in [0, 0.1) is 0 Å². The number of hydrogen-bond acceptors (Lipinski definition) is 4. The number of carbonyl (C=O) groups excluding carboxylic acids is 2. The van der Waals surface area contributed by atoms with E-state index < -0.39 is 0 Å². The zero-order valence-corrected chi connectivity index (χ0v) is 19.9. The molecule has 2 aliphatic heterocycles. The van der Waals surface area contributed by atoms with E-state index in [1.54, 1.807) is 0 Å². The average molecular weight is 473 g/mol. The first kappa shape index (κ1) is 23.3. The molecule has 2 fully saturated rings. The second kappa shape index (κ2) is 10.9. The molecule has 0 aliphatic carbocycles. The quantitative estimate of drug-likeness (QED) is 0.625. The van der Waals surface area contributed by atoms with Gasteiger partial charge in [-0.15, -0.1) is 0 Å². The Labute approximate surface area is 206 Å². The van der Waals surface area contributed by atoms with Gasteiger partial charge in [-0.25, -0.2) is 4.79 Å². The molecule has 182 valence electrons. The summed E-state index contributed by atoms with van der Waals surface area (Å²) in [5.74, 6) is 0.0984. The summed E-state index contributed by atoms with van der Waals surface area (Å²) in [6, 6.07) is 23.4. The Morgan fingerprint density at radius 3 is 2.51 bits per heavy atom. The number of anilines is 1. The van der Waals surface area contributed by atoms with Crippen molar-refractivity contribution in [1.29, 1.82) is 0 Å². The SMILES string of the molecule is O=C(Nc1ccccc1)N1CCO[C@H](CN2CCCN(C(=O)c3cccc4ccccc34)CC2)C1. The van der Waals surface area contributed by atoms with Crippen molar-refractivity contribution in [2.24, 2.45) is 0 Å². The summed E-state index contributed by atoms with van der Waals surface area (Å²) in [6.45, 7) is 5.58. The van der Waals surface area contributed by atoms with Crippen LogP contribution in [0.15, 0.2) is 72.8 Å². The Balaban J connectivity index is 1.16. The number of nitrogens with zero attached hydrogens (tertiary/aromatic N) is 3. The molecule has 0 aromatic heterocycles. The van der Waals surface area contributed by atoms with E-state index in [9.17, 15) is 9.59 Å². The molecule has 1 N–H and O–H groups in total. The number of hydrogen-bond donors (Lipinski definition) is 1. The van der Waals surface area contributed by atoms with Crippen LogP contribution in [-0.4, -0.2) is 85.2 Å². The summed E-state index contributed by atoms with van der Waals surface area (Å²) in [7, 11) is 0. The molecule has 2 heterocycles. The summed E-state index contributed by atoms with van der Waals surface area (Å²) in [5.41, 5.74) is 1.57. The van der Waals surface area contributed by atoms with Gasteiger partial charge < -0.3 is 19.9 Å². The van der Waals surface area contributed by atoms with Crippen LogP contribution in [0.25, 0.3) is 10.8 Å². The first-order valence-corrected chi connectivity index (χ1v) is 12.4. The topological polar surface area (TPSA) is 65.1 Å². The fraction of sp³-hybridized carbons (Fsp3) is 0.357. The minimum Gasteiger partial charge on any atom is -0.373 e. The Bertz CT molecular complexity index is 1160. The third kappa shape index (κ3) is 5.63. The maximum absolute atomic E-state index is 13.4. The van der Waals surface area contributed by atoms with Gasteiger partial charge in [-0.2, -0.15) is 0 Å². The molecule has 2 aliphatic rings. The number of benzene rings is 3. The maximum Gasteiger partial charge on any atom is 0.322 e. The molecule has 0 spiro atoms. The molecule has 0 bridgehead atoms. The van der Waals surface area contributed by atoms with E-state index in [1.165, 1.54) is 0 Å². The van der Waals surface area contributed by atoms with E-state index in [0.29, 0.717) is 26.2 Å². The molecule has 7 nitrogen and oxygen atoms in total. The number of fused-ring (bicyclic) bond motifs is 1. The standard InChI is InChI=1S/C28H32N4O3/c33-27(26-13-6-9-22-8-4-5-12-25(22)26)31-15-7-14-30(16-17-31)20-24-21-32(18-19-35-24)28(34)29-23-10-2-1-3-11-23/h1-6,8-13,24H,7,14-21H2,(H,29,34)/t24-/m1/s1. The van der Waals surface area contributed by atoms with Crippen LogP contribution in [0.3, 0.4) is 0 Å². The number of rotatable bonds is 4. The molecule has 0 unspecified atom stereocenters. The summed E-state index contributed by atoms with van der Waals surface area (Å²) >= 11 is 0. The van der Waals surface area contributed by atoms with E-state index in [4.69, 9.17) is 4.74 Å². The number of ether oxygens (including phenoxy) is 1. The molecule has 0 radical (unpaired) electrons. The Morgan fingerprint density at radius 1 is 0.829 bits per heavy atom. The Morgan fingerprint density at radius 2 is 1.63 bits per heavy atom. The van der Waals surface area contributed by atoms with Gasteiger partial charge >= 0.3 is 6.03 Å². The molecule has 7 heteroatoms. The lowest BCUT2D eigenvalue weighted by molar-refractivity contribution is -0.0283. The molecule has 1 atom stereocenters. The smallest absolute Gasteiger partial charge is 0.322 e. The highest BCUT2D eigenvalue weighted by molar-refractivity contribution is 6.07. The van der Waals surface area contributed by atoms with Gasteiger partial charge in [-0.05, 0) is 41.9 Å². The Hall–Kier alpha value is -3.42. The number of para-hydroxylation sites is 1. The lowest BCUT2D eigenvalue weighted by atomic mass is 10.0. The van der Waals surface area contributed by atoms with Crippen molar-refractivity contribution in [1.82, 2.24) is 14.7 Å². The average Bonchev–Trinajstić information content (AvgIpc) is 3.14. The zero-order valence-electron chi connectivity index (χ0n) is 19.9. The molecule has 35 heavy (non-hydrogen) atoms. The van der Waals surface area contributed by atoms with Gasteiger partial charge in [0, 0.05) is 50.5 Å². The van der Waals surface area contributed by atoms with Gasteiger partial charge in [-0.1, -0.05) is 54.6 Å². The lowest BCUT2D eigenvalue weighted by Gasteiger charge is -2.35.